The minimum absolute atomic E-state index is 0.587. The fraction of sp³-hybridized carbons (Fsp3) is 0.962. The lowest BCUT2D eigenvalue weighted by atomic mass is 9.91. The molecule has 2 unspecified atom stereocenters. The summed E-state index contributed by atoms with van der Waals surface area (Å²) in [5.41, 5.74) is 0. The second kappa shape index (κ2) is 18.6. The average Bonchev–Trinajstić information content (AvgIpc) is 2.71. The van der Waals surface area contributed by atoms with Crippen molar-refractivity contribution < 1.29 is 4.79 Å². The zero-order valence-electron chi connectivity index (χ0n) is 19.4. The van der Waals surface area contributed by atoms with Crippen LogP contribution in [-0.2, 0) is 4.79 Å². The van der Waals surface area contributed by atoms with Crippen LogP contribution in [0.2, 0.25) is 0 Å². The predicted octanol–water partition coefficient (Wildman–Crippen LogP) is 7.79. The molecular weight excluding hydrogens is 342 g/mol. The third kappa shape index (κ3) is 14.6. The third-order valence-electron chi connectivity index (χ3n) is 6.83. The first-order chi connectivity index (χ1) is 13.8. The molecule has 2 atom stereocenters. The Kier molecular flexibility index (Phi) is 17.1. The van der Waals surface area contributed by atoms with Gasteiger partial charge in [-0.25, -0.2) is 0 Å². The molecule has 0 aromatic rings. The van der Waals surface area contributed by atoms with Crippen LogP contribution >= 0.6 is 0 Å². The minimum Gasteiger partial charge on any atom is -0.303 e. The molecule has 1 aliphatic rings. The molecule has 2 nitrogen and oxygen atoms in total. The number of aldehydes is 1. The fourth-order valence-electron chi connectivity index (χ4n) is 4.76. The van der Waals surface area contributed by atoms with Crippen molar-refractivity contribution in [1.82, 2.24) is 4.90 Å². The summed E-state index contributed by atoms with van der Waals surface area (Å²) < 4.78 is 0. The first-order valence-electron chi connectivity index (χ1n) is 12.9. The Labute approximate surface area is 177 Å². The number of piperidine rings is 1. The lowest BCUT2D eigenvalue weighted by Crippen LogP contribution is -2.31. The van der Waals surface area contributed by atoms with Crippen LogP contribution in [0.3, 0.4) is 0 Å². The smallest absolute Gasteiger partial charge is 0.120 e. The minimum atomic E-state index is 0.587. The van der Waals surface area contributed by atoms with Gasteiger partial charge in [-0.15, -0.1) is 0 Å². The molecule has 0 spiro atoms. The number of hydrogen-bond donors (Lipinski definition) is 0. The van der Waals surface area contributed by atoms with E-state index in [0.717, 1.165) is 18.6 Å². The van der Waals surface area contributed by atoms with Crippen molar-refractivity contribution in [1.29, 1.82) is 0 Å². The quantitative estimate of drug-likeness (QED) is 0.165. The molecule has 1 fully saturated rings. The van der Waals surface area contributed by atoms with Gasteiger partial charge in [0, 0.05) is 6.42 Å². The maximum Gasteiger partial charge on any atom is 0.120 e. The average molecular weight is 394 g/mol. The molecule has 0 radical (unpaired) electrons. The van der Waals surface area contributed by atoms with Gasteiger partial charge in [0.05, 0.1) is 0 Å². The van der Waals surface area contributed by atoms with Crippen molar-refractivity contribution in [3.05, 3.63) is 0 Å². The second-order valence-electron chi connectivity index (χ2n) is 9.61. The van der Waals surface area contributed by atoms with Gasteiger partial charge in [0.25, 0.3) is 0 Å². The van der Waals surface area contributed by atoms with Crippen LogP contribution in [0.5, 0.6) is 0 Å². The van der Waals surface area contributed by atoms with Crippen LogP contribution < -0.4 is 0 Å². The maximum atomic E-state index is 10.5. The molecule has 0 saturated carbocycles. The first kappa shape index (κ1) is 25.7. The van der Waals surface area contributed by atoms with E-state index in [1.54, 1.807) is 0 Å². The number of unbranched alkanes of at least 4 members (excludes halogenated alkanes) is 8. The largest absolute Gasteiger partial charge is 0.303 e. The summed E-state index contributed by atoms with van der Waals surface area (Å²) in [5.74, 6) is 1.56. The van der Waals surface area contributed by atoms with Crippen LogP contribution in [0.25, 0.3) is 0 Å². The maximum absolute atomic E-state index is 10.5. The summed E-state index contributed by atoms with van der Waals surface area (Å²) in [6, 6.07) is 0. The van der Waals surface area contributed by atoms with Gasteiger partial charge in [-0.2, -0.15) is 0 Å². The molecule has 0 aromatic heterocycles. The van der Waals surface area contributed by atoms with E-state index in [1.807, 2.05) is 0 Å². The number of carbonyl (C=O) groups excluding carboxylic acids is 1. The Morgan fingerprint density at radius 3 is 1.93 bits per heavy atom. The number of rotatable bonds is 19. The van der Waals surface area contributed by atoms with Gasteiger partial charge in [-0.1, -0.05) is 104 Å². The van der Waals surface area contributed by atoms with E-state index >= 15 is 0 Å². The van der Waals surface area contributed by atoms with Gasteiger partial charge in [-0.3, -0.25) is 0 Å². The van der Waals surface area contributed by atoms with Crippen LogP contribution in [0.4, 0.5) is 0 Å². The normalized spacial score (nSPS) is 17.5. The summed E-state index contributed by atoms with van der Waals surface area (Å²) >= 11 is 0. The van der Waals surface area contributed by atoms with Gasteiger partial charge in [0.2, 0.25) is 0 Å². The van der Waals surface area contributed by atoms with Crippen molar-refractivity contribution >= 4 is 6.29 Å². The highest BCUT2D eigenvalue weighted by atomic mass is 16.1. The topological polar surface area (TPSA) is 20.3 Å². The molecule has 1 saturated heterocycles. The monoisotopic (exact) mass is 393 g/mol. The van der Waals surface area contributed by atoms with Gasteiger partial charge in [-0.05, 0) is 50.7 Å². The lowest BCUT2D eigenvalue weighted by Gasteiger charge is -2.28. The molecule has 1 aliphatic heterocycles. The molecule has 0 aromatic carbocycles. The van der Waals surface area contributed by atoms with Crippen molar-refractivity contribution in [3.63, 3.8) is 0 Å². The van der Waals surface area contributed by atoms with Crippen LogP contribution in [0.15, 0.2) is 0 Å². The van der Waals surface area contributed by atoms with E-state index in [4.69, 9.17) is 0 Å². The van der Waals surface area contributed by atoms with E-state index in [-0.39, 0.29) is 0 Å². The van der Waals surface area contributed by atoms with E-state index in [1.165, 1.54) is 129 Å². The Balaban J connectivity index is 2.13. The first-order valence-corrected chi connectivity index (χ1v) is 12.9. The van der Waals surface area contributed by atoms with E-state index < -0.39 is 0 Å². The van der Waals surface area contributed by atoms with Gasteiger partial charge >= 0.3 is 0 Å². The molecular formula is C26H51NO. The van der Waals surface area contributed by atoms with Crippen LogP contribution in [-0.4, -0.2) is 30.8 Å². The molecule has 166 valence electrons. The van der Waals surface area contributed by atoms with Crippen LogP contribution in [0, 0.1) is 11.8 Å². The van der Waals surface area contributed by atoms with Gasteiger partial charge in [0.15, 0.2) is 0 Å². The van der Waals surface area contributed by atoms with Crippen LogP contribution in [0.1, 0.15) is 129 Å². The zero-order valence-corrected chi connectivity index (χ0v) is 19.4. The number of hydrogen-bond acceptors (Lipinski definition) is 2. The summed E-state index contributed by atoms with van der Waals surface area (Å²) in [6.45, 7) is 8.58. The van der Waals surface area contributed by atoms with Gasteiger partial charge < -0.3 is 9.69 Å². The van der Waals surface area contributed by atoms with Crippen molar-refractivity contribution in [2.45, 2.75) is 129 Å². The SMILES string of the molecule is CCCCCCCC(CCCCCCCC(C)CC=O)CCN1CCCCC1. The number of carbonyl (C=O) groups is 1. The summed E-state index contributed by atoms with van der Waals surface area (Å²) in [5, 5.41) is 0. The standard InChI is InChI=1S/C26H51NO/c1-3-4-5-7-12-17-26(19-23-27-21-14-10-15-22-27)18-13-9-6-8-11-16-25(2)20-24-28/h24-26H,3-23H2,1-2H3. The van der Waals surface area contributed by atoms with Gasteiger partial charge in [0.1, 0.15) is 6.29 Å². The molecule has 0 bridgehead atoms. The highest BCUT2D eigenvalue weighted by Crippen LogP contribution is 2.23. The zero-order chi connectivity index (χ0) is 20.3. The predicted molar refractivity (Wildman–Crippen MR) is 124 cm³/mol. The second-order valence-corrected chi connectivity index (χ2v) is 9.61. The number of likely N-dealkylation sites (tertiary alicyclic amines) is 1. The summed E-state index contributed by atoms with van der Waals surface area (Å²) in [6.07, 6.45) is 25.8. The fourth-order valence-corrected chi connectivity index (χ4v) is 4.76. The van der Waals surface area contributed by atoms with E-state index in [9.17, 15) is 4.79 Å². The third-order valence-corrected chi connectivity index (χ3v) is 6.83. The molecule has 0 amide bonds. The Morgan fingerprint density at radius 1 is 0.750 bits per heavy atom. The van der Waals surface area contributed by atoms with Crippen molar-refractivity contribution in [2.24, 2.45) is 11.8 Å². The van der Waals surface area contributed by atoms with E-state index in [2.05, 4.69) is 18.7 Å². The molecule has 2 heteroatoms. The molecule has 0 N–H and O–H groups in total. The Hall–Kier alpha value is -0.370. The Morgan fingerprint density at radius 2 is 1.32 bits per heavy atom. The van der Waals surface area contributed by atoms with E-state index in [0.29, 0.717) is 5.92 Å². The summed E-state index contributed by atoms with van der Waals surface area (Å²) in [4.78, 5) is 13.3. The van der Waals surface area contributed by atoms with Crippen molar-refractivity contribution in [3.8, 4) is 0 Å². The Bertz CT molecular complexity index is 337. The van der Waals surface area contributed by atoms with Crippen molar-refractivity contribution in [2.75, 3.05) is 19.6 Å². The number of nitrogens with zero attached hydrogens (tertiary/aromatic N) is 1. The highest BCUT2D eigenvalue weighted by Gasteiger charge is 2.14. The highest BCUT2D eigenvalue weighted by molar-refractivity contribution is 5.49. The molecule has 1 heterocycles. The summed E-state index contributed by atoms with van der Waals surface area (Å²) in [7, 11) is 0. The molecule has 1 rings (SSSR count). The lowest BCUT2D eigenvalue weighted by molar-refractivity contribution is -0.108. The molecule has 0 aliphatic carbocycles. The molecule has 28 heavy (non-hydrogen) atoms.